The number of fused-ring (bicyclic) bond motifs is 1. The first-order chi connectivity index (χ1) is 9.83. The molecular weight excluding hydrogens is 280 g/mol. The van der Waals surface area contributed by atoms with Crippen LogP contribution in [0.2, 0.25) is 0 Å². The van der Waals surface area contributed by atoms with Crippen molar-refractivity contribution in [3.05, 3.63) is 24.2 Å². The number of nitrogen functional groups attached to an aromatic ring is 1. The molecular formula is C12H16N4O5. The summed E-state index contributed by atoms with van der Waals surface area (Å²) in [4.78, 5) is 3.82. The lowest BCUT2D eigenvalue weighted by atomic mass is 9.88. The molecule has 9 nitrogen and oxygen atoms in total. The fraction of sp³-hybridized carbons (Fsp3) is 0.500. The fourth-order valence-corrected chi connectivity index (χ4v) is 2.63. The number of nitrogens with zero attached hydrogens (tertiary/aromatic N) is 3. The topological polar surface area (TPSA) is 146 Å². The minimum absolute atomic E-state index is 0.0756. The first-order valence-electron chi connectivity index (χ1n) is 6.33. The van der Waals surface area contributed by atoms with Gasteiger partial charge in [-0.15, -0.1) is 0 Å². The molecule has 4 atom stereocenters. The van der Waals surface area contributed by atoms with Gasteiger partial charge in [0.15, 0.2) is 5.82 Å². The molecule has 0 amide bonds. The lowest BCUT2D eigenvalue weighted by Gasteiger charge is -2.33. The molecule has 21 heavy (non-hydrogen) atoms. The first kappa shape index (κ1) is 14.2. The highest BCUT2D eigenvalue weighted by atomic mass is 16.7. The van der Waals surface area contributed by atoms with Crippen LogP contribution in [0, 0.1) is 0 Å². The maximum absolute atomic E-state index is 10.8. The summed E-state index contributed by atoms with van der Waals surface area (Å²) < 4.78 is 6.57. The van der Waals surface area contributed by atoms with Crippen LogP contribution in [0.15, 0.2) is 18.5 Å². The van der Waals surface area contributed by atoms with Gasteiger partial charge in [0.05, 0.1) is 6.61 Å². The summed E-state index contributed by atoms with van der Waals surface area (Å²) in [5.74, 6) is -2.07. The predicted molar refractivity (Wildman–Crippen MR) is 69.9 cm³/mol. The molecule has 9 heteroatoms. The number of rotatable bonds is 2. The van der Waals surface area contributed by atoms with Crippen molar-refractivity contribution in [3.63, 3.8) is 0 Å². The molecule has 1 fully saturated rings. The van der Waals surface area contributed by atoms with E-state index < -0.39 is 30.2 Å². The monoisotopic (exact) mass is 296 g/mol. The van der Waals surface area contributed by atoms with Crippen LogP contribution in [0.5, 0.6) is 0 Å². The van der Waals surface area contributed by atoms with Crippen LogP contribution in [-0.2, 0) is 10.5 Å². The van der Waals surface area contributed by atoms with E-state index in [4.69, 9.17) is 10.5 Å². The number of hydrogen-bond donors (Lipinski definition) is 5. The van der Waals surface area contributed by atoms with E-state index in [-0.39, 0.29) is 11.5 Å². The predicted octanol–water partition coefficient (Wildman–Crippen LogP) is -2.04. The van der Waals surface area contributed by atoms with E-state index in [9.17, 15) is 20.4 Å². The van der Waals surface area contributed by atoms with Crippen molar-refractivity contribution in [2.75, 3.05) is 12.3 Å². The number of aromatic nitrogens is 3. The zero-order valence-electron chi connectivity index (χ0n) is 11.2. The van der Waals surface area contributed by atoms with Gasteiger partial charge < -0.3 is 30.9 Å². The summed E-state index contributed by atoms with van der Waals surface area (Å²) in [6, 6.07) is 3.02. The SMILES string of the molecule is C[C@@]1(O)[C@H](O)[C@@H](CO)OC1(O)c1ccc2c(N)ncnn12. The van der Waals surface area contributed by atoms with Crippen molar-refractivity contribution in [1.82, 2.24) is 14.6 Å². The van der Waals surface area contributed by atoms with E-state index >= 15 is 0 Å². The minimum Gasteiger partial charge on any atom is -0.394 e. The van der Waals surface area contributed by atoms with Gasteiger partial charge >= 0.3 is 0 Å². The Kier molecular flexibility index (Phi) is 2.94. The van der Waals surface area contributed by atoms with Crippen LogP contribution >= 0.6 is 0 Å². The van der Waals surface area contributed by atoms with Crippen LogP contribution in [-0.4, -0.2) is 59.4 Å². The van der Waals surface area contributed by atoms with Crippen LogP contribution in [0.1, 0.15) is 12.6 Å². The average molecular weight is 296 g/mol. The maximum Gasteiger partial charge on any atom is 0.242 e. The molecule has 0 radical (unpaired) electrons. The zero-order chi connectivity index (χ0) is 15.4. The van der Waals surface area contributed by atoms with Gasteiger partial charge in [0, 0.05) is 0 Å². The van der Waals surface area contributed by atoms with Gasteiger partial charge in [0.25, 0.3) is 0 Å². The molecule has 114 valence electrons. The number of aliphatic hydroxyl groups excluding tert-OH is 2. The molecule has 2 aromatic rings. The van der Waals surface area contributed by atoms with E-state index in [1.165, 1.54) is 23.8 Å². The second-order valence-electron chi connectivity index (χ2n) is 5.24. The highest BCUT2D eigenvalue weighted by Crippen LogP contribution is 2.45. The molecule has 1 aliphatic heterocycles. The average Bonchev–Trinajstić information content (AvgIpc) is 2.95. The number of nitrogens with two attached hydrogens (primary N) is 1. The molecule has 3 rings (SSSR count). The fourth-order valence-electron chi connectivity index (χ4n) is 2.63. The molecule has 3 heterocycles. The van der Waals surface area contributed by atoms with Gasteiger partial charge in [-0.1, -0.05) is 0 Å². The van der Waals surface area contributed by atoms with Gasteiger partial charge in [0.2, 0.25) is 5.79 Å². The van der Waals surface area contributed by atoms with Crippen molar-refractivity contribution in [1.29, 1.82) is 0 Å². The second-order valence-corrected chi connectivity index (χ2v) is 5.24. The third-order valence-electron chi connectivity index (χ3n) is 3.95. The van der Waals surface area contributed by atoms with Crippen molar-refractivity contribution in [2.24, 2.45) is 0 Å². The zero-order valence-corrected chi connectivity index (χ0v) is 11.2. The smallest absolute Gasteiger partial charge is 0.242 e. The van der Waals surface area contributed by atoms with Crippen molar-refractivity contribution < 1.29 is 25.2 Å². The Morgan fingerprint density at radius 3 is 2.76 bits per heavy atom. The van der Waals surface area contributed by atoms with E-state index in [2.05, 4.69) is 10.1 Å². The molecule has 1 aliphatic rings. The summed E-state index contributed by atoms with van der Waals surface area (Å²) in [6.07, 6.45) is -1.41. The molecule has 2 aromatic heterocycles. The van der Waals surface area contributed by atoms with Crippen molar-refractivity contribution in [2.45, 2.75) is 30.5 Å². The first-order valence-corrected chi connectivity index (χ1v) is 6.33. The normalized spacial score (nSPS) is 36.4. The number of ether oxygens (including phenoxy) is 1. The summed E-state index contributed by atoms with van der Waals surface area (Å²) in [5, 5.41) is 44.4. The van der Waals surface area contributed by atoms with Crippen LogP contribution in [0.25, 0.3) is 5.52 Å². The van der Waals surface area contributed by atoms with Crippen LogP contribution in [0.3, 0.4) is 0 Å². The van der Waals surface area contributed by atoms with E-state index in [1.54, 1.807) is 6.07 Å². The van der Waals surface area contributed by atoms with E-state index in [0.717, 1.165) is 0 Å². The highest BCUT2D eigenvalue weighted by Gasteiger charge is 2.64. The Labute approximate surface area is 119 Å². The second kappa shape index (κ2) is 4.36. The molecule has 0 saturated carbocycles. The lowest BCUT2D eigenvalue weighted by molar-refractivity contribution is -0.275. The van der Waals surface area contributed by atoms with Crippen molar-refractivity contribution >= 4 is 11.3 Å². The Bertz CT molecular complexity index is 687. The summed E-state index contributed by atoms with van der Waals surface area (Å²) in [5.41, 5.74) is 4.16. The molecule has 0 spiro atoms. The van der Waals surface area contributed by atoms with Gasteiger partial charge in [-0.2, -0.15) is 5.10 Å². The third kappa shape index (κ3) is 1.69. The Balaban J connectivity index is 2.19. The van der Waals surface area contributed by atoms with Gasteiger partial charge in [0.1, 0.15) is 35.3 Å². The van der Waals surface area contributed by atoms with Gasteiger partial charge in [-0.3, -0.25) is 0 Å². The van der Waals surface area contributed by atoms with E-state index in [0.29, 0.717) is 5.52 Å². The van der Waals surface area contributed by atoms with Crippen molar-refractivity contribution in [3.8, 4) is 0 Å². The Morgan fingerprint density at radius 1 is 1.43 bits per heavy atom. The van der Waals surface area contributed by atoms with Gasteiger partial charge in [-0.05, 0) is 19.1 Å². The lowest BCUT2D eigenvalue weighted by Crippen LogP contribution is -2.53. The summed E-state index contributed by atoms with van der Waals surface area (Å²) >= 11 is 0. The number of anilines is 1. The molecule has 6 N–H and O–H groups in total. The Morgan fingerprint density at radius 2 is 2.14 bits per heavy atom. The maximum atomic E-state index is 10.8. The standard InChI is InChI=1S/C12H16N4O5/c1-11(19)9(18)7(4-17)21-12(11,20)8-3-2-6-10(13)14-5-15-16(6)8/h2-3,5,7,9,17-20H,4H2,1H3,(H2,13,14,15)/t7-,9-,11-,12?/m1/s1. The molecule has 1 saturated heterocycles. The largest absolute Gasteiger partial charge is 0.394 e. The third-order valence-corrected chi connectivity index (χ3v) is 3.95. The molecule has 0 aliphatic carbocycles. The molecule has 0 bridgehead atoms. The van der Waals surface area contributed by atoms with Gasteiger partial charge in [-0.25, -0.2) is 9.50 Å². The summed E-state index contributed by atoms with van der Waals surface area (Å²) in [6.45, 7) is 0.664. The van der Waals surface area contributed by atoms with Crippen LogP contribution in [0.4, 0.5) is 5.82 Å². The molecule has 1 unspecified atom stereocenters. The highest BCUT2D eigenvalue weighted by molar-refractivity contribution is 5.65. The van der Waals surface area contributed by atoms with E-state index in [1.807, 2.05) is 0 Å². The Hall–Kier alpha value is -1.78. The summed E-state index contributed by atoms with van der Waals surface area (Å²) in [7, 11) is 0. The number of aliphatic hydroxyl groups is 4. The van der Waals surface area contributed by atoms with Crippen LogP contribution < -0.4 is 5.73 Å². The minimum atomic E-state index is -2.26. The quantitative estimate of drug-likeness (QED) is 0.426. The number of hydrogen-bond acceptors (Lipinski definition) is 8. The molecule has 0 aromatic carbocycles.